The number of carbonyl (C=O) groups excluding carboxylic acids is 2. The molecule has 1 aliphatic carbocycles. The van der Waals surface area contributed by atoms with Crippen molar-refractivity contribution >= 4 is 11.8 Å². The zero-order chi connectivity index (χ0) is 17.8. The number of rotatable bonds is 4. The van der Waals surface area contributed by atoms with Crippen molar-refractivity contribution in [1.82, 2.24) is 19.6 Å². The molecule has 1 aromatic rings. The van der Waals surface area contributed by atoms with Crippen LogP contribution < -0.4 is 5.56 Å². The summed E-state index contributed by atoms with van der Waals surface area (Å²) >= 11 is 0. The fourth-order valence-electron chi connectivity index (χ4n) is 3.66. The van der Waals surface area contributed by atoms with Gasteiger partial charge in [0.15, 0.2) is 0 Å². The van der Waals surface area contributed by atoms with Gasteiger partial charge < -0.3 is 9.80 Å². The molecule has 2 aliphatic rings. The average molecular weight is 346 g/mol. The van der Waals surface area contributed by atoms with Crippen LogP contribution in [0.1, 0.15) is 49.5 Å². The molecule has 3 rings (SSSR count). The van der Waals surface area contributed by atoms with E-state index in [0.717, 1.165) is 32.1 Å². The van der Waals surface area contributed by atoms with E-state index in [1.54, 1.807) is 4.90 Å². The maximum Gasteiger partial charge on any atom is 0.274 e. The number of aromatic nitrogens is 2. The summed E-state index contributed by atoms with van der Waals surface area (Å²) in [6.07, 6.45) is 5.08. The van der Waals surface area contributed by atoms with Crippen molar-refractivity contribution in [3.05, 3.63) is 28.2 Å². The lowest BCUT2D eigenvalue weighted by molar-refractivity contribution is -0.136. The monoisotopic (exact) mass is 346 g/mol. The molecule has 0 aromatic carbocycles. The van der Waals surface area contributed by atoms with E-state index in [2.05, 4.69) is 5.10 Å². The van der Waals surface area contributed by atoms with Crippen LogP contribution in [0.3, 0.4) is 0 Å². The third kappa shape index (κ3) is 3.91. The highest BCUT2D eigenvalue weighted by molar-refractivity contribution is 5.92. The van der Waals surface area contributed by atoms with Crippen molar-refractivity contribution in [3.8, 4) is 0 Å². The maximum absolute atomic E-state index is 12.6. The van der Waals surface area contributed by atoms with E-state index < -0.39 is 0 Å². The number of hydrogen-bond donors (Lipinski definition) is 0. The van der Waals surface area contributed by atoms with Crippen molar-refractivity contribution in [2.45, 2.75) is 45.6 Å². The minimum Gasteiger partial charge on any atom is -0.339 e. The summed E-state index contributed by atoms with van der Waals surface area (Å²) in [7, 11) is 0. The summed E-state index contributed by atoms with van der Waals surface area (Å²) in [5.74, 6) is 0.263. The average Bonchev–Trinajstić information content (AvgIpc) is 3.17. The minimum absolute atomic E-state index is 0.169. The normalized spacial score (nSPS) is 18.6. The smallest absolute Gasteiger partial charge is 0.274 e. The first-order chi connectivity index (χ1) is 12.1. The van der Waals surface area contributed by atoms with E-state index in [0.29, 0.717) is 38.4 Å². The number of carbonyl (C=O) groups is 2. The Kier molecular flexibility index (Phi) is 5.50. The Morgan fingerprint density at radius 3 is 2.36 bits per heavy atom. The van der Waals surface area contributed by atoms with E-state index in [9.17, 15) is 14.4 Å². The van der Waals surface area contributed by atoms with Crippen molar-refractivity contribution in [2.75, 3.05) is 26.2 Å². The zero-order valence-corrected chi connectivity index (χ0v) is 14.8. The Morgan fingerprint density at radius 1 is 1.08 bits per heavy atom. The Labute approximate surface area is 147 Å². The van der Waals surface area contributed by atoms with Crippen LogP contribution in [-0.2, 0) is 11.3 Å². The summed E-state index contributed by atoms with van der Waals surface area (Å²) in [5, 5.41) is 4.19. The lowest BCUT2D eigenvalue weighted by atomic mass is 10.1. The molecule has 0 spiro atoms. The van der Waals surface area contributed by atoms with E-state index >= 15 is 0 Å². The van der Waals surface area contributed by atoms with E-state index in [-0.39, 0.29) is 23.3 Å². The molecule has 2 amide bonds. The highest BCUT2D eigenvalue weighted by atomic mass is 16.2. The van der Waals surface area contributed by atoms with E-state index in [1.165, 1.54) is 16.8 Å². The van der Waals surface area contributed by atoms with Crippen LogP contribution in [0.4, 0.5) is 0 Å². The van der Waals surface area contributed by atoms with Crippen LogP contribution in [0.2, 0.25) is 0 Å². The first kappa shape index (κ1) is 17.6. The van der Waals surface area contributed by atoms with Gasteiger partial charge in [-0.3, -0.25) is 14.4 Å². The van der Waals surface area contributed by atoms with Crippen LogP contribution in [-0.4, -0.2) is 57.6 Å². The molecule has 0 atom stereocenters. The fourth-order valence-corrected chi connectivity index (χ4v) is 3.66. The van der Waals surface area contributed by atoms with Crippen LogP contribution in [0.25, 0.3) is 0 Å². The van der Waals surface area contributed by atoms with Gasteiger partial charge in [-0.15, -0.1) is 0 Å². The number of aryl methyl sites for hydroxylation is 1. The zero-order valence-electron chi connectivity index (χ0n) is 14.8. The first-order valence-corrected chi connectivity index (χ1v) is 9.26. The molecule has 1 saturated heterocycles. The number of hydrogen-bond acceptors (Lipinski definition) is 4. The molecule has 0 N–H and O–H groups in total. The third-order valence-corrected chi connectivity index (χ3v) is 5.10. The third-order valence-electron chi connectivity index (χ3n) is 5.10. The Bertz CT molecular complexity index is 686. The quantitative estimate of drug-likeness (QED) is 0.819. The number of piperazine rings is 1. The predicted molar refractivity (Wildman–Crippen MR) is 93.2 cm³/mol. The number of amides is 2. The fraction of sp³-hybridized carbons (Fsp3) is 0.667. The summed E-state index contributed by atoms with van der Waals surface area (Å²) < 4.78 is 1.34. The molecule has 7 heteroatoms. The van der Waals surface area contributed by atoms with Crippen molar-refractivity contribution in [3.63, 3.8) is 0 Å². The van der Waals surface area contributed by atoms with Gasteiger partial charge in [0.2, 0.25) is 5.91 Å². The van der Waals surface area contributed by atoms with E-state index in [4.69, 9.17) is 0 Å². The standard InChI is InChI=1S/C18H26N4O3/c1-2-9-22-16(23)8-7-15(19-22)18(25)21-12-10-20(11-13-21)17(24)14-5-3-4-6-14/h7-8,14H,2-6,9-13H2,1H3. The van der Waals surface area contributed by atoms with Crippen molar-refractivity contribution in [1.29, 1.82) is 0 Å². The molecule has 7 nitrogen and oxygen atoms in total. The molecular formula is C18H26N4O3. The van der Waals surface area contributed by atoms with Gasteiger partial charge in [-0.25, -0.2) is 4.68 Å². The van der Waals surface area contributed by atoms with Crippen molar-refractivity contribution in [2.24, 2.45) is 5.92 Å². The SMILES string of the molecule is CCCn1nc(C(=O)N2CCN(C(=O)C3CCCC3)CC2)ccc1=O. The van der Waals surface area contributed by atoms with Gasteiger partial charge in [0.1, 0.15) is 5.69 Å². The molecule has 136 valence electrons. The molecule has 1 aromatic heterocycles. The summed E-state index contributed by atoms with van der Waals surface area (Å²) in [5.41, 5.74) is 0.106. The van der Waals surface area contributed by atoms with Gasteiger partial charge in [-0.2, -0.15) is 5.10 Å². The Hall–Kier alpha value is -2.18. The van der Waals surface area contributed by atoms with Crippen LogP contribution in [0, 0.1) is 5.92 Å². The molecule has 2 fully saturated rings. The largest absolute Gasteiger partial charge is 0.339 e. The second kappa shape index (κ2) is 7.80. The highest BCUT2D eigenvalue weighted by Gasteiger charge is 2.31. The lowest BCUT2D eigenvalue weighted by Crippen LogP contribution is -2.52. The molecule has 0 unspecified atom stereocenters. The van der Waals surface area contributed by atoms with Gasteiger partial charge in [-0.1, -0.05) is 19.8 Å². The molecule has 1 aliphatic heterocycles. The second-order valence-corrected chi connectivity index (χ2v) is 6.88. The van der Waals surface area contributed by atoms with Crippen molar-refractivity contribution < 1.29 is 9.59 Å². The molecular weight excluding hydrogens is 320 g/mol. The van der Waals surface area contributed by atoms with Crippen LogP contribution in [0.5, 0.6) is 0 Å². The summed E-state index contributed by atoms with van der Waals surface area (Å²) in [6.45, 7) is 4.66. The molecule has 2 heterocycles. The summed E-state index contributed by atoms with van der Waals surface area (Å²) in [4.78, 5) is 40.5. The van der Waals surface area contributed by atoms with Gasteiger partial charge in [-0.05, 0) is 25.3 Å². The summed E-state index contributed by atoms with van der Waals surface area (Å²) in [6, 6.07) is 2.89. The second-order valence-electron chi connectivity index (χ2n) is 6.88. The molecule has 0 bridgehead atoms. The Morgan fingerprint density at radius 2 is 1.72 bits per heavy atom. The lowest BCUT2D eigenvalue weighted by Gasteiger charge is -2.35. The molecule has 0 radical (unpaired) electrons. The van der Waals surface area contributed by atoms with Crippen LogP contribution >= 0.6 is 0 Å². The minimum atomic E-state index is -0.189. The van der Waals surface area contributed by atoms with Gasteiger partial charge >= 0.3 is 0 Å². The first-order valence-electron chi connectivity index (χ1n) is 9.26. The van der Waals surface area contributed by atoms with Gasteiger partial charge in [0, 0.05) is 44.7 Å². The van der Waals surface area contributed by atoms with E-state index in [1.807, 2.05) is 11.8 Å². The predicted octanol–water partition coefficient (Wildman–Crippen LogP) is 1.13. The van der Waals surface area contributed by atoms with Gasteiger partial charge in [0.05, 0.1) is 0 Å². The van der Waals surface area contributed by atoms with Gasteiger partial charge in [0.25, 0.3) is 11.5 Å². The molecule has 25 heavy (non-hydrogen) atoms. The number of nitrogens with zero attached hydrogens (tertiary/aromatic N) is 4. The maximum atomic E-state index is 12.6. The molecule has 1 saturated carbocycles. The topological polar surface area (TPSA) is 75.5 Å². The Balaban J connectivity index is 1.60. The van der Waals surface area contributed by atoms with Crippen LogP contribution in [0.15, 0.2) is 16.9 Å². The highest BCUT2D eigenvalue weighted by Crippen LogP contribution is 2.27.